The van der Waals surface area contributed by atoms with E-state index in [2.05, 4.69) is 28.2 Å². The van der Waals surface area contributed by atoms with Gasteiger partial charge in [-0.25, -0.2) is 4.39 Å². The van der Waals surface area contributed by atoms with Crippen LogP contribution in [0.15, 0.2) is 22.7 Å². The Bertz CT molecular complexity index is 370. The average molecular weight is 314 g/mol. The molecule has 2 rings (SSSR count). The van der Waals surface area contributed by atoms with Crippen molar-refractivity contribution in [3.8, 4) is 0 Å². The van der Waals surface area contributed by atoms with Crippen molar-refractivity contribution in [3.63, 3.8) is 0 Å². The van der Waals surface area contributed by atoms with Crippen LogP contribution in [-0.2, 0) is 0 Å². The highest BCUT2D eigenvalue weighted by Crippen LogP contribution is 2.35. The van der Waals surface area contributed by atoms with Gasteiger partial charge in [-0.2, -0.15) is 0 Å². The van der Waals surface area contributed by atoms with Gasteiger partial charge in [0, 0.05) is 10.5 Å². The van der Waals surface area contributed by atoms with Crippen molar-refractivity contribution in [1.29, 1.82) is 0 Å². The van der Waals surface area contributed by atoms with Gasteiger partial charge in [0.2, 0.25) is 0 Å². The second-order valence-electron chi connectivity index (χ2n) is 5.24. The van der Waals surface area contributed by atoms with E-state index in [0.717, 1.165) is 35.3 Å². The Morgan fingerprint density at radius 1 is 1.39 bits per heavy atom. The number of hydrogen-bond acceptors (Lipinski definition) is 1. The predicted molar refractivity (Wildman–Crippen MR) is 77.1 cm³/mol. The van der Waals surface area contributed by atoms with Crippen molar-refractivity contribution in [3.05, 3.63) is 34.1 Å². The molecule has 1 aromatic rings. The van der Waals surface area contributed by atoms with Crippen LogP contribution in [0.4, 0.5) is 4.39 Å². The highest BCUT2D eigenvalue weighted by Gasteiger charge is 2.23. The van der Waals surface area contributed by atoms with E-state index in [1.54, 1.807) is 6.07 Å². The van der Waals surface area contributed by atoms with E-state index in [9.17, 15) is 4.39 Å². The van der Waals surface area contributed by atoms with E-state index in [4.69, 9.17) is 0 Å². The Morgan fingerprint density at radius 2 is 2.17 bits per heavy atom. The van der Waals surface area contributed by atoms with E-state index in [1.165, 1.54) is 25.3 Å². The number of hydrogen-bond donors (Lipinski definition) is 1. The molecule has 0 radical (unpaired) electrons. The van der Waals surface area contributed by atoms with Crippen LogP contribution in [0.25, 0.3) is 0 Å². The zero-order valence-corrected chi connectivity index (χ0v) is 12.5. The Balaban J connectivity index is 2.09. The summed E-state index contributed by atoms with van der Waals surface area (Å²) in [5, 5.41) is 3.55. The van der Waals surface area contributed by atoms with Crippen LogP contribution in [0, 0.1) is 11.7 Å². The number of benzene rings is 1. The van der Waals surface area contributed by atoms with E-state index in [-0.39, 0.29) is 5.82 Å². The normalized spacial score (nSPS) is 17.5. The molecular formula is C15H21BrFN. The minimum absolute atomic E-state index is 0.156. The summed E-state index contributed by atoms with van der Waals surface area (Å²) in [6.07, 6.45) is 6.27. The lowest BCUT2D eigenvalue weighted by Gasteiger charge is -2.30. The average Bonchev–Trinajstić information content (AvgIpc) is 2.25. The maximum atomic E-state index is 13.5. The van der Waals surface area contributed by atoms with Crippen LogP contribution in [-0.4, -0.2) is 6.54 Å². The molecule has 0 amide bonds. The molecule has 18 heavy (non-hydrogen) atoms. The summed E-state index contributed by atoms with van der Waals surface area (Å²) >= 11 is 3.38. The minimum atomic E-state index is -0.156. The monoisotopic (exact) mass is 313 g/mol. The third-order valence-electron chi connectivity index (χ3n) is 3.72. The SMILES string of the molecule is CCCNC(CC1CCC1)c1cc(F)cc(Br)c1. The highest BCUT2D eigenvalue weighted by atomic mass is 79.9. The smallest absolute Gasteiger partial charge is 0.124 e. The summed E-state index contributed by atoms with van der Waals surface area (Å²) < 4.78 is 14.3. The van der Waals surface area contributed by atoms with Gasteiger partial charge in [0.25, 0.3) is 0 Å². The first kappa shape index (κ1) is 14.0. The number of rotatable bonds is 6. The lowest BCUT2D eigenvalue weighted by atomic mass is 9.79. The first-order valence-corrected chi connectivity index (χ1v) is 7.67. The van der Waals surface area contributed by atoms with Gasteiger partial charge < -0.3 is 5.32 Å². The van der Waals surface area contributed by atoms with Gasteiger partial charge in [0.05, 0.1) is 0 Å². The van der Waals surface area contributed by atoms with Gasteiger partial charge in [-0.15, -0.1) is 0 Å². The van der Waals surface area contributed by atoms with Crippen molar-refractivity contribution in [1.82, 2.24) is 5.32 Å². The van der Waals surface area contributed by atoms with Crippen LogP contribution in [0.2, 0.25) is 0 Å². The molecule has 0 spiro atoms. The molecule has 1 atom stereocenters. The summed E-state index contributed by atoms with van der Waals surface area (Å²) in [7, 11) is 0. The van der Waals surface area contributed by atoms with Gasteiger partial charge in [-0.3, -0.25) is 0 Å². The number of halogens is 2. The first-order chi connectivity index (χ1) is 8.69. The zero-order valence-electron chi connectivity index (χ0n) is 10.9. The van der Waals surface area contributed by atoms with Crippen LogP contribution < -0.4 is 5.32 Å². The summed E-state index contributed by atoms with van der Waals surface area (Å²) in [5.41, 5.74) is 1.07. The predicted octanol–water partition coefficient (Wildman–Crippen LogP) is 4.82. The lowest BCUT2D eigenvalue weighted by molar-refractivity contribution is 0.261. The Morgan fingerprint density at radius 3 is 2.72 bits per heavy atom. The van der Waals surface area contributed by atoms with Gasteiger partial charge in [-0.1, -0.05) is 42.1 Å². The molecule has 0 saturated heterocycles. The fraction of sp³-hybridized carbons (Fsp3) is 0.600. The lowest BCUT2D eigenvalue weighted by Crippen LogP contribution is -2.26. The number of nitrogens with one attached hydrogen (secondary N) is 1. The Labute approximate surface area is 117 Å². The van der Waals surface area contributed by atoms with Crippen LogP contribution >= 0.6 is 15.9 Å². The fourth-order valence-electron chi connectivity index (χ4n) is 2.49. The molecule has 1 N–H and O–H groups in total. The maximum Gasteiger partial charge on any atom is 0.124 e. The molecule has 3 heteroatoms. The summed E-state index contributed by atoms with van der Waals surface area (Å²) in [6.45, 7) is 3.15. The van der Waals surface area contributed by atoms with E-state index >= 15 is 0 Å². The second-order valence-corrected chi connectivity index (χ2v) is 6.16. The summed E-state index contributed by atoms with van der Waals surface area (Å²) in [6, 6.07) is 5.51. The molecule has 1 unspecified atom stereocenters. The molecule has 1 nitrogen and oxygen atoms in total. The molecule has 1 aliphatic rings. The highest BCUT2D eigenvalue weighted by molar-refractivity contribution is 9.10. The Hall–Kier alpha value is -0.410. The molecule has 0 heterocycles. The van der Waals surface area contributed by atoms with Gasteiger partial charge in [0.15, 0.2) is 0 Å². The molecular weight excluding hydrogens is 293 g/mol. The Kier molecular flexibility index (Phi) is 5.19. The first-order valence-electron chi connectivity index (χ1n) is 6.88. The van der Waals surface area contributed by atoms with Crippen molar-refractivity contribution in [2.45, 2.75) is 45.1 Å². The quantitative estimate of drug-likeness (QED) is 0.794. The maximum absolute atomic E-state index is 13.5. The molecule has 0 bridgehead atoms. The van der Waals surface area contributed by atoms with E-state index in [0.29, 0.717) is 6.04 Å². The zero-order chi connectivity index (χ0) is 13.0. The van der Waals surface area contributed by atoms with Gasteiger partial charge in [0.1, 0.15) is 5.82 Å². The molecule has 1 aliphatic carbocycles. The largest absolute Gasteiger partial charge is 0.310 e. The minimum Gasteiger partial charge on any atom is -0.310 e. The summed E-state index contributed by atoms with van der Waals surface area (Å²) in [4.78, 5) is 0. The molecule has 1 saturated carbocycles. The van der Waals surface area contributed by atoms with Crippen molar-refractivity contribution >= 4 is 15.9 Å². The van der Waals surface area contributed by atoms with Crippen LogP contribution in [0.5, 0.6) is 0 Å². The van der Waals surface area contributed by atoms with Crippen molar-refractivity contribution in [2.24, 2.45) is 5.92 Å². The van der Waals surface area contributed by atoms with Crippen molar-refractivity contribution < 1.29 is 4.39 Å². The second kappa shape index (κ2) is 6.67. The molecule has 0 aromatic heterocycles. The van der Waals surface area contributed by atoms with Gasteiger partial charge in [-0.05, 0) is 49.1 Å². The topological polar surface area (TPSA) is 12.0 Å². The van der Waals surface area contributed by atoms with Crippen LogP contribution in [0.3, 0.4) is 0 Å². The fourth-order valence-corrected chi connectivity index (χ4v) is 2.98. The van der Waals surface area contributed by atoms with Gasteiger partial charge >= 0.3 is 0 Å². The standard InChI is InChI=1S/C15H21BrFN/c1-2-6-18-15(7-11-4-3-5-11)12-8-13(16)10-14(17)9-12/h8-11,15,18H,2-7H2,1H3. The summed E-state index contributed by atoms with van der Waals surface area (Å²) in [5.74, 6) is 0.665. The third-order valence-corrected chi connectivity index (χ3v) is 4.18. The molecule has 1 fully saturated rings. The van der Waals surface area contributed by atoms with E-state index < -0.39 is 0 Å². The van der Waals surface area contributed by atoms with E-state index in [1.807, 2.05) is 6.07 Å². The molecule has 100 valence electrons. The molecule has 1 aromatic carbocycles. The van der Waals surface area contributed by atoms with Crippen LogP contribution in [0.1, 0.15) is 50.6 Å². The molecule has 0 aliphatic heterocycles. The van der Waals surface area contributed by atoms with Crippen molar-refractivity contribution in [2.75, 3.05) is 6.54 Å². The third kappa shape index (κ3) is 3.79.